The van der Waals surface area contributed by atoms with Crippen LogP contribution in [0.3, 0.4) is 0 Å². The number of benzene rings is 1. The predicted molar refractivity (Wildman–Crippen MR) is 125 cm³/mol. The molecule has 2 aromatic heterocycles. The average Bonchev–Trinajstić information content (AvgIpc) is 3.29. The zero-order chi connectivity index (χ0) is 23.5. The first-order chi connectivity index (χ1) is 15.6. The third-order valence-electron chi connectivity index (χ3n) is 4.41. The summed E-state index contributed by atoms with van der Waals surface area (Å²) < 4.78 is 11.5. The van der Waals surface area contributed by atoms with Gasteiger partial charge in [0.1, 0.15) is 17.6 Å². The molecule has 0 fully saturated rings. The number of H-pyrrole nitrogens is 1. The molecule has 0 aliphatic carbocycles. The number of nitrogens with two attached hydrogens (primary N) is 1. The van der Waals surface area contributed by atoms with E-state index in [9.17, 15) is 0 Å². The minimum atomic E-state index is 0.0568. The topological polar surface area (TPSA) is 126 Å². The predicted octanol–water partition coefficient (Wildman–Crippen LogP) is 4.05. The standard InChI is InChI=1S/C21H25N7O2.C2H6/c1-14(2)28(20-13-24-15(11-23)12-25-20)19-10-16(26-27-19)21-17(29-3)6-4-7-18(21)30-9-5-8-22;1-2/h4,6-7,10,12-14H,5,8-9,22H2,1-3H3,(H,26,27);1-2H3. The molecule has 32 heavy (non-hydrogen) atoms. The van der Waals surface area contributed by atoms with Crippen LogP contribution in [0.5, 0.6) is 11.5 Å². The number of methoxy groups -OCH3 is 1. The fourth-order valence-electron chi connectivity index (χ4n) is 3.04. The van der Waals surface area contributed by atoms with Crippen LogP contribution in [0.25, 0.3) is 11.3 Å². The second-order valence-corrected chi connectivity index (χ2v) is 6.80. The van der Waals surface area contributed by atoms with Crippen LogP contribution in [0.15, 0.2) is 36.7 Å². The maximum absolute atomic E-state index is 8.96. The maximum Gasteiger partial charge on any atom is 0.158 e. The number of hydrogen-bond acceptors (Lipinski definition) is 8. The first kappa shape index (κ1) is 24.6. The summed E-state index contributed by atoms with van der Waals surface area (Å²) in [6.45, 7) is 9.12. The number of rotatable bonds is 9. The highest BCUT2D eigenvalue weighted by atomic mass is 16.5. The molecule has 0 unspecified atom stereocenters. The lowest BCUT2D eigenvalue weighted by atomic mass is 10.1. The highest BCUT2D eigenvalue weighted by Gasteiger charge is 2.21. The number of aromatic nitrogens is 4. The first-order valence-electron chi connectivity index (χ1n) is 10.7. The molecule has 0 spiro atoms. The quantitative estimate of drug-likeness (QED) is 0.480. The van der Waals surface area contributed by atoms with Crippen molar-refractivity contribution in [3.8, 4) is 28.8 Å². The van der Waals surface area contributed by atoms with E-state index in [4.69, 9.17) is 20.5 Å². The van der Waals surface area contributed by atoms with Gasteiger partial charge in [0.15, 0.2) is 17.3 Å². The zero-order valence-electron chi connectivity index (χ0n) is 19.3. The molecule has 0 radical (unpaired) electrons. The van der Waals surface area contributed by atoms with Gasteiger partial charge in [-0.25, -0.2) is 9.97 Å². The highest BCUT2D eigenvalue weighted by molar-refractivity contribution is 5.76. The van der Waals surface area contributed by atoms with Crippen molar-refractivity contribution >= 4 is 11.6 Å². The molecule has 9 heteroatoms. The number of anilines is 2. The average molecular weight is 438 g/mol. The summed E-state index contributed by atoms with van der Waals surface area (Å²) in [6.07, 6.45) is 3.77. The lowest BCUT2D eigenvalue weighted by molar-refractivity contribution is 0.312. The van der Waals surface area contributed by atoms with E-state index in [0.29, 0.717) is 36.3 Å². The molecule has 9 nitrogen and oxygen atoms in total. The van der Waals surface area contributed by atoms with Crippen LogP contribution in [0.4, 0.5) is 11.6 Å². The van der Waals surface area contributed by atoms with Crippen LogP contribution in [0, 0.1) is 11.3 Å². The molecule has 3 aromatic rings. The summed E-state index contributed by atoms with van der Waals surface area (Å²) in [5.41, 5.74) is 7.37. The Labute approximate surface area is 189 Å². The van der Waals surface area contributed by atoms with Crippen LogP contribution >= 0.6 is 0 Å². The Kier molecular flexibility index (Phi) is 9.44. The van der Waals surface area contributed by atoms with E-state index in [1.54, 1.807) is 13.3 Å². The Hall–Kier alpha value is -3.64. The van der Waals surface area contributed by atoms with Gasteiger partial charge in [-0.2, -0.15) is 10.4 Å². The van der Waals surface area contributed by atoms with Crippen molar-refractivity contribution in [2.75, 3.05) is 25.2 Å². The zero-order valence-corrected chi connectivity index (χ0v) is 19.3. The van der Waals surface area contributed by atoms with Crippen LogP contribution < -0.4 is 20.1 Å². The number of nitriles is 1. The van der Waals surface area contributed by atoms with Crippen molar-refractivity contribution in [1.82, 2.24) is 20.2 Å². The molecular formula is C23H31N7O2. The van der Waals surface area contributed by atoms with Crippen LogP contribution in [-0.4, -0.2) is 46.5 Å². The summed E-state index contributed by atoms with van der Waals surface area (Å²) in [6, 6.07) is 9.59. The molecule has 0 amide bonds. The Bertz CT molecular complexity index is 1010. The van der Waals surface area contributed by atoms with Crippen LogP contribution in [0.1, 0.15) is 39.8 Å². The summed E-state index contributed by atoms with van der Waals surface area (Å²) in [5.74, 6) is 2.62. The van der Waals surface area contributed by atoms with E-state index in [1.165, 1.54) is 6.20 Å². The molecule has 0 saturated carbocycles. The first-order valence-corrected chi connectivity index (χ1v) is 10.7. The lowest BCUT2D eigenvalue weighted by Gasteiger charge is -2.24. The highest BCUT2D eigenvalue weighted by Crippen LogP contribution is 2.39. The molecule has 1 aromatic carbocycles. The molecule has 2 heterocycles. The largest absolute Gasteiger partial charge is 0.496 e. The van der Waals surface area contributed by atoms with Gasteiger partial charge in [-0.05, 0) is 38.9 Å². The Morgan fingerprint density at radius 2 is 1.91 bits per heavy atom. The van der Waals surface area contributed by atoms with Gasteiger partial charge in [-0.15, -0.1) is 0 Å². The van der Waals surface area contributed by atoms with Gasteiger partial charge in [0.05, 0.1) is 37.4 Å². The fourth-order valence-corrected chi connectivity index (χ4v) is 3.04. The molecule has 0 atom stereocenters. The third-order valence-corrected chi connectivity index (χ3v) is 4.41. The van der Waals surface area contributed by atoms with Gasteiger partial charge in [0.25, 0.3) is 0 Å². The van der Waals surface area contributed by atoms with Gasteiger partial charge in [-0.1, -0.05) is 19.9 Å². The molecule has 0 saturated heterocycles. The van der Waals surface area contributed by atoms with Gasteiger partial charge in [0.2, 0.25) is 0 Å². The number of hydrogen-bond donors (Lipinski definition) is 2. The minimum absolute atomic E-state index is 0.0568. The Morgan fingerprint density at radius 1 is 1.16 bits per heavy atom. The maximum atomic E-state index is 8.96. The summed E-state index contributed by atoms with van der Waals surface area (Å²) in [7, 11) is 1.62. The summed E-state index contributed by atoms with van der Waals surface area (Å²) >= 11 is 0. The minimum Gasteiger partial charge on any atom is -0.496 e. The fraction of sp³-hybridized carbons (Fsp3) is 0.391. The smallest absolute Gasteiger partial charge is 0.158 e. The van der Waals surface area contributed by atoms with E-state index < -0.39 is 0 Å². The Morgan fingerprint density at radius 3 is 2.50 bits per heavy atom. The SMILES string of the molecule is CC.COc1cccc(OCCCN)c1-c1cc(N(c2cnc(C#N)cn2)C(C)C)n[nH]1. The van der Waals surface area contributed by atoms with Crippen molar-refractivity contribution in [3.63, 3.8) is 0 Å². The van der Waals surface area contributed by atoms with Crippen molar-refractivity contribution in [2.45, 2.75) is 40.2 Å². The van der Waals surface area contributed by atoms with E-state index in [-0.39, 0.29) is 11.7 Å². The second-order valence-electron chi connectivity index (χ2n) is 6.80. The van der Waals surface area contributed by atoms with Crippen molar-refractivity contribution in [3.05, 3.63) is 42.4 Å². The Balaban J connectivity index is 0.00000176. The van der Waals surface area contributed by atoms with Crippen molar-refractivity contribution in [2.24, 2.45) is 5.73 Å². The molecule has 0 aliphatic rings. The van der Waals surface area contributed by atoms with Gasteiger partial charge in [0, 0.05) is 12.1 Å². The van der Waals surface area contributed by atoms with Gasteiger partial charge in [-0.3, -0.25) is 5.10 Å². The van der Waals surface area contributed by atoms with Crippen molar-refractivity contribution < 1.29 is 9.47 Å². The molecule has 3 N–H and O–H groups in total. The number of aromatic amines is 1. The molecular weight excluding hydrogens is 406 g/mol. The lowest BCUT2D eigenvalue weighted by Crippen LogP contribution is -2.26. The molecule has 170 valence electrons. The number of nitrogens with one attached hydrogen (secondary N) is 1. The third kappa shape index (κ3) is 5.74. The van der Waals surface area contributed by atoms with E-state index in [2.05, 4.69) is 20.2 Å². The number of ether oxygens (including phenoxy) is 2. The van der Waals surface area contributed by atoms with Gasteiger partial charge >= 0.3 is 0 Å². The monoisotopic (exact) mass is 437 g/mol. The summed E-state index contributed by atoms with van der Waals surface area (Å²) in [5, 5.41) is 16.5. The summed E-state index contributed by atoms with van der Waals surface area (Å²) in [4.78, 5) is 10.4. The molecule has 3 rings (SSSR count). The van der Waals surface area contributed by atoms with Crippen molar-refractivity contribution in [1.29, 1.82) is 5.26 Å². The van der Waals surface area contributed by atoms with E-state index >= 15 is 0 Å². The van der Waals surface area contributed by atoms with Gasteiger partial charge < -0.3 is 20.1 Å². The number of nitrogens with zero attached hydrogens (tertiary/aromatic N) is 5. The van der Waals surface area contributed by atoms with Crippen LogP contribution in [0.2, 0.25) is 0 Å². The molecule has 0 aliphatic heterocycles. The molecule has 0 bridgehead atoms. The second kappa shape index (κ2) is 12.3. The normalized spacial score (nSPS) is 10.2. The van der Waals surface area contributed by atoms with E-state index in [1.807, 2.05) is 62.9 Å². The van der Waals surface area contributed by atoms with E-state index in [0.717, 1.165) is 17.7 Å². The van der Waals surface area contributed by atoms with Crippen LogP contribution in [-0.2, 0) is 0 Å².